The van der Waals surface area contributed by atoms with Crippen LogP contribution in [-0.4, -0.2) is 18.4 Å². The number of anilines is 1. The Hall–Kier alpha value is -3.03. The molecule has 2 amide bonds. The zero-order chi connectivity index (χ0) is 20.7. The van der Waals surface area contributed by atoms with E-state index in [2.05, 4.69) is 10.6 Å². The van der Waals surface area contributed by atoms with Crippen molar-refractivity contribution in [1.82, 2.24) is 5.32 Å². The summed E-state index contributed by atoms with van der Waals surface area (Å²) in [5.74, 6) is -0.595. The molecule has 0 fully saturated rings. The van der Waals surface area contributed by atoms with Crippen molar-refractivity contribution in [2.24, 2.45) is 0 Å². The lowest BCUT2D eigenvalue weighted by molar-refractivity contribution is -0.137. The lowest BCUT2D eigenvalue weighted by Gasteiger charge is -2.16. The predicted molar refractivity (Wildman–Crippen MR) is 98.9 cm³/mol. The van der Waals surface area contributed by atoms with Crippen molar-refractivity contribution in [3.05, 3.63) is 59.7 Å². The van der Waals surface area contributed by atoms with Gasteiger partial charge >= 0.3 is 6.18 Å². The molecular weight excluding hydrogens is 373 g/mol. The Kier molecular flexibility index (Phi) is 7.03. The molecule has 0 aliphatic rings. The van der Waals surface area contributed by atoms with E-state index < -0.39 is 24.3 Å². The average Bonchev–Trinajstić information content (AvgIpc) is 2.66. The van der Waals surface area contributed by atoms with Gasteiger partial charge in [0.25, 0.3) is 5.91 Å². The van der Waals surface area contributed by atoms with Gasteiger partial charge in [-0.15, -0.1) is 0 Å². The zero-order valence-electron chi connectivity index (χ0n) is 15.5. The number of benzene rings is 2. The Morgan fingerprint density at radius 1 is 1.07 bits per heavy atom. The van der Waals surface area contributed by atoms with E-state index >= 15 is 0 Å². The molecule has 28 heavy (non-hydrogen) atoms. The number of nitrogens with one attached hydrogen (secondary N) is 2. The molecule has 1 unspecified atom stereocenters. The van der Waals surface area contributed by atoms with Crippen LogP contribution in [0.4, 0.5) is 18.9 Å². The van der Waals surface area contributed by atoms with Crippen LogP contribution in [0.15, 0.2) is 48.5 Å². The topological polar surface area (TPSA) is 67.4 Å². The highest BCUT2D eigenvalue weighted by Crippen LogP contribution is 2.31. The molecular formula is C20H21F3N2O3. The van der Waals surface area contributed by atoms with Gasteiger partial charge in [-0.05, 0) is 42.8 Å². The van der Waals surface area contributed by atoms with Gasteiger partial charge in [-0.2, -0.15) is 13.2 Å². The van der Waals surface area contributed by atoms with Crippen molar-refractivity contribution in [2.75, 3.05) is 11.9 Å². The molecule has 1 atom stereocenters. The first kappa shape index (κ1) is 21.3. The van der Waals surface area contributed by atoms with Gasteiger partial charge in [0.15, 0.2) is 6.61 Å². The van der Waals surface area contributed by atoms with Gasteiger partial charge in [-0.25, -0.2) is 0 Å². The van der Waals surface area contributed by atoms with Gasteiger partial charge in [0.2, 0.25) is 5.91 Å². The molecule has 8 heteroatoms. The van der Waals surface area contributed by atoms with E-state index in [-0.39, 0.29) is 17.7 Å². The van der Waals surface area contributed by atoms with E-state index in [4.69, 9.17) is 4.74 Å². The number of rotatable bonds is 7. The summed E-state index contributed by atoms with van der Waals surface area (Å²) < 4.78 is 43.2. The van der Waals surface area contributed by atoms with E-state index in [0.717, 1.165) is 17.7 Å². The number of carbonyl (C=O) groups is 2. The highest BCUT2D eigenvalue weighted by molar-refractivity contribution is 5.90. The van der Waals surface area contributed by atoms with E-state index in [1.54, 1.807) is 38.1 Å². The molecule has 2 aromatic carbocycles. The second-order valence-electron chi connectivity index (χ2n) is 6.13. The molecule has 5 nitrogen and oxygen atoms in total. The molecule has 0 bridgehead atoms. The van der Waals surface area contributed by atoms with E-state index in [0.29, 0.717) is 12.1 Å². The molecule has 0 aliphatic carbocycles. The van der Waals surface area contributed by atoms with Gasteiger partial charge < -0.3 is 15.4 Å². The van der Waals surface area contributed by atoms with Crippen LogP contribution in [0.25, 0.3) is 0 Å². The Morgan fingerprint density at radius 2 is 1.75 bits per heavy atom. The maximum atomic E-state index is 12.7. The lowest BCUT2D eigenvalue weighted by Crippen LogP contribution is -2.31. The fraction of sp³-hybridized carbons (Fsp3) is 0.300. The summed E-state index contributed by atoms with van der Waals surface area (Å²) in [6.07, 6.45) is -4.10. The van der Waals surface area contributed by atoms with E-state index in [1.165, 1.54) is 12.1 Å². The lowest BCUT2D eigenvalue weighted by atomic mass is 10.1. The number of carbonyl (C=O) groups excluding carboxylic acids is 2. The van der Waals surface area contributed by atoms with Crippen molar-refractivity contribution in [1.29, 1.82) is 0 Å². The number of hydrogen-bond donors (Lipinski definition) is 2. The molecule has 0 aromatic heterocycles. The van der Waals surface area contributed by atoms with Crippen molar-refractivity contribution in [2.45, 2.75) is 32.5 Å². The second kappa shape index (κ2) is 9.25. The summed E-state index contributed by atoms with van der Waals surface area (Å²) in [7, 11) is 0. The van der Waals surface area contributed by atoms with Crippen LogP contribution in [-0.2, 0) is 15.8 Å². The summed E-state index contributed by atoms with van der Waals surface area (Å²) >= 11 is 0. The molecule has 2 N–H and O–H groups in total. The van der Waals surface area contributed by atoms with Gasteiger partial charge in [0.05, 0.1) is 11.6 Å². The predicted octanol–water partition coefficient (Wildman–Crippen LogP) is 4.31. The Labute approximate surface area is 160 Å². The van der Waals surface area contributed by atoms with E-state index in [9.17, 15) is 22.8 Å². The fourth-order valence-electron chi connectivity index (χ4n) is 2.38. The smallest absolute Gasteiger partial charge is 0.416 e. The van der Waals surface area contributed by atoms with E-state index in [1.807, 2.05) is 0 Å². The monoisotopic (exact) mass is 394 g/mol. The van der Waals surface area contributed by atoms with Crippen LogP contribution in [0.2, 0.25) is 0 Å². The van der Waals surface area contributed by atoms with Gasteiger partial charge in [-0.3, -0.25) is 9.59 Å². The maximum Gasteiger partial charge on any atom is 0.416 e. The molecule has 0 radical (unpaired) electrons. The molecule has 0 aliphatic heterocycles. The highest BCUT2D eigenvalue weighted by atomic mass is 19.4. The average molecular weight is 394 g/mol. The Bertz CT molecular complexity index is 820. The molecule has 0 spiro atoms. The quantitative estimate of drug-likeness (QED) is 0.735. The Balaban J connectivity index is 1.88. The SMILES string of the molecule is CCC(=O)Nc1ccc(C(C)NC(=O)COc2cccc(C(F)(F)F)c2)cc1. The normalized spacial score (nSPS) is 12.2. The maximum absolute atomic E-state index is 12.7. The minimum atomic E-state index is -4.47. The minimum Gasteiger partial charge on any atom is -0.484 e. The summed E-state index contributed by atoms with van der Waals surface area (Å²) in [6, 6.07) is 11.0. The van der Waals surface area contributed by atoms with Crippen molar-refractivity contribution >= 4 is 17.5 Å². The largest absolute Gasteiger partial charge is 0.484 e. The standard InChI is InChI=1S/C20H21F3N2O3/c1-3-18(26)25-16-9-7-14(8-10-16)13(2)24-19(27)12-28-17-6-4-5-15(11-17)20(21,22)23/h4-11,13H,3,12H2,1-2H3,(H,24,27)(H,25,26). The molecule has 0 saturated carbocycles. The van der Waals surface area contributed by atoms with Gasteiger partial charge in [-0.1, -0.05) is 25.1 Å². The summed E-state index contributed by atoms with van der Waals surface area (Å²) in [5, 5.41) is 5.43. The van der Waals surface area contributed by atoms with Gasteiger partial charge in [0, 0.05) is 12.1 Å². The van der Waals surface area contributed by atoms with Crippen molar-refractivity contribution in [3.63, 3.8) is 0 Å². The van der Waals surface area contributed by atoms with Crippen LogP contribution in [0.1, 0.15) is 37.4 Å². The van der Waals surface area contributed by atoms with Crippen molar-refractivity contribution in [3.8, 4) is 5.75 Å². The number of hydrogen-bond acceptors (Lipinski definition) is 3. The van der Waals surface area contributed by atoms with Crippen LogP contribution in [0, 0.1) is 0 Å². The first-order valence-electron chi connectivity index (χ1n) is 8.68. The third-order valence-electron chi connectivity index (χ3n) is 3.92. The van der Waals surface area contributed by atoms with Gasteiger partial charge in [0.1, 0.15) is 5.75 Å². The zero-order valence-corrected chi connectivity index (χ0v) is 15.5. The number of alkyl halides is 3. The first-order chi connectivity index (χ1) is 13.2. The van der Waals surface area contributed by atoms with Crippen LogP contribution in [0.5, 0.6) is 5.75 Å². The minimum absolute atomic E-state index is 0.0337. The fourth-order valence-corrected chi connectivity index (χ4v) is 2.38. The molecule has 2 aromatic rings. The first-order valence-corrected chi connectivity index (χ1v) is 8.68. The third-order valence-corrected chi connectivity index (χ3v) is 3.92. The van der Waals surface area contributed by atoms with Crippen LogP contribution < -0.4 is 15.4 Å². The van der Waals surface area contributed by atoms with Crippen LogP contribution >= 0.6 is 0 Å². The second-order valence-corrected chi connectivity index (χ2v) is 6.13. The number of halogens is 3. The number of ether oxygens (including phenoxy) is 1. The highest BCUT2D eigenvalue weighted by Gasteiger charge is 2.30. The van der Waals surface area contributed by atoms with Crippen molar-refractivity contribution < 1.29 is 27.5 Å². The summed E-state index contributed by atoms with van der Waals surface area (Å²) in [4.78, 5) is 23.4. The molecule has 150 valence electrons. The third kappa shape index (κ3) is 6.29. The number of amides is 2. The van der Waals surface area contributed by atoms with Crippen LogP contribution in [0.3, 0.4) is 0 Å². The summed E-state index contributed by atoms with van der Waals surface area (Å²) in [6.45, 7) is 3.11. The molecule has 0 heterocycles. The molecule has 2 rings (SSSR count). The molecule has 0 saturated heterocycles. The Morgan fingerprint density at radius 3 is 2.36 bits per heavy atom. The summed E-state index contributed by atoms with van der Waals surface area (Å²) in [5.41, 5.74) is 0.623.